The maximum absolute atomic E-state index is 14.0. The van der Waals surface area contributed by atoms with Crippen molar-refractivity contribution in [2.45, 2.75) is 20.3 Å². The summed E-state index contributed by atoms with van der Waals surface area (Å²) in [6.45, 7) is 3.71. The zero-order chi connectivity index (χ0) is 23.7. The van der Waals surface area contributed by atoms with Crippen LogP contribution in [0, 0.1) is 19.7 Å². The first-order valence-electron chi connectivity index (χ1n) is 10.2. The Morgan fingerprint density at radius 2 is 1.73 bits per heavy atom. The Kier molecular flexibility index (Phi) is 6.24. The number of amides is 4. The molecule has 1 saturated heterocycles. The highest BCUT2D eigenvalue weighted by atomic mass is 79.9. The standard InChI is InChI=1S/C26H20BrFN2O3/c1-15-7-10-23(16(2)11-15)30-25(32)20(24(31)29-26(30)33)12-17-8-9-18(21(27)13-17)14-19-5-3-4-6-22(19)28/h3-13H,14H2,1-2H3,(H,29,31,33)/b20-12+. The lowest BCUT2D eigenvalue weighted by molar-refractivity contribution is -0.122. The molecule has 33 heavy (non-hydrogen) atoms. The topological polar surface area (TPSA) is 66.5 Å². The molecule has 0 aliphatic carbocycles. The summed E-state index contributed by atoms with van der Waals surface area (Å²) in [6.07, 6.45) is 1.83. The van der Waals surface area contributed by atoms with Crippen LogP contribution in [0.3, 0.4) is 0 Å². The number of barbiturate groups is 1. The van der Waals surface area contributed by atoms with Gasteiger partial charge in [0.2, 0.25) is 0 Å². The van der Waals surface area contributed by atoms with Gasteiger partial charge in [0.05, 0.1) is 5.69 Å². The summed E-state index contributed by atoms with van der Waals surface area (Å²) in [5, 5.41) is 2.24. The van der Waals surface area contributed by atoms with E-state index in [1.165, 1.54) is 12.1 Å². The Bertz CT molecular complexity index is 1330. The summed E-state index contributed by atoms with van der Waals surface area (Å²) >= 11 is 3.50. The SMILES string of the molecule is Cc1ccc(N2C(=O)NC(=O)/C(=C\c3ccc(Cc4ccccc4F)c(Br)c3)C2=O)c(C)c1. The van der Waals surface area contributed by atoms with E-state index in [-0.39, 0.29) is 11.4 Å². The average Bonchev–Trinajstić information content (AvgIpc) is 2.76. The third kappa shape index (κ3) is 4.64. The minimum atomic E-state index is -0.782. The molecule has 3 aromatic rings. The number of urea groups is 1. The molecule has 0 atom stereocenters. The second-order valence-corrected chi connectivity index (χ2v) is 8.72. The highest BCUT2D eigenvalue weighted by molar-refractivity contribution is 9.10. The first-order valence-corrected chi connectivity index (χ1v) is 11.0. The lowest BCUT2D eigenvalue weighted by Gasteiger charge is -2.27. The molecule has 1 N–H and O–H groups in total. The van der Waals surface area contributed by atoms with E-state index in [0.29, 0.717) is 27.7 Å². The van der Waals surface area contributed by atoms with Gasteiger partial charge >= 0.3 is 6.03 Å². The molecule has 4 amide bonds. The van der Waals surface area contributed by atoms with Crippen molar-refractivity contribution in [1.29, 1.82) is 0 Å². The number of anilines is 1. The van der Waals surface area contributed by atoms with Crippen molar-refractivity contribution >= 4 is 45.5 Å². The second-order valence-electron chi connectivity index (χ2n) is 7.87. The Hall–Kier alpha value is -3.58. The highest BCUT2D eigenvalue weighted by Crippen LogP contribution is 2.28. The van der Waals surface area contributed by atoms with Crippen molar-refractivity contribution in [2.24, 2.45) is 0 Å². The fraction of sp³-hybridized carbons (Fsp3) is 0.115. The van der Waals surface area contributed by atoms with Crippen molar-refractivity contribution in [1.82, 2.24) is 5.32 Å². The molecule has 0 spiro atoms. The molecule has 0 unspecified atom stereocenters. The lowest BCUT2D eigenvalue weighted by Crippen LogP contribution is -2.54. The van der Waals surface area contributed by atoms with E-state index < -0.39 is 17.8 Å². The summed E-state index contributed by atoms with van der Waals surface area (Å²) in [6, 6.07) is 16.4. The van der Waals surface area contributed by atoms with Crippen molar-refractivity contribution in [3.8, 4) is 0 Å². The summed E-state index contributed by atoms with van der Waals surface area (Å²) in [5.41, 5.74) is 4.02. The number of hydrogen-bond acceptors (Lipinski definition) is 3. The Balaban J connectivity index is 1.65. The first-order chi connectivity index (χ1) is 15.7. The summed E-state index contributed by atoms with van der Waals surface area (Å²) in [7, 11) is 0. The van der Waals surface area contributed by atoms with Crippen LogP contribution in [-0.2, 0) is 16.0 Å². The molecule has 0 saturated carbocycles. The number of aryl methyl sites for hydroxylation is 2. The van der Waals surface area contributed by atoms with Gasteiger partial charge in [-0.25, -0.2) is 14.1 Å². The van der Waals surface area contributed by atoms with Crippen LogP contribution in [0.15, 0.2) is 70.7 Å². The van der Waals surface area contributed by atoms with Crippen LogP contribution < -0.4 is 10.2 Å². The minimum absolute atomic E-state index is 0.150. The quantitative estimate of drug-likeness (QED) is 0.377. The number of carbonyl (C=O) groups excluding carboxylic acids is 3. The molecule has 5 nitrogen and oxygen atoms in total. The largest absolute Gasteiger partial charge is 0.335 e. The number of nitrogens with zero attached hydrogens (tertiary/aromatic N) is 1. The van der Waals surface area contributed by atoms with Gasteiger partial charge < -0.3 is 0 Å². The number of hydrogen-bond donors (Lipinski definition) is 1. The fourth-order valence-corrected chi connectivity index (χ4v) is 4.28. The van der Waals surface area contributed by atoms with Gasteiger partial charge in [0.25, 0.3) is 11.8 Å². The average molecular weight is 507 g/mol. The van der Waals surface area contributed by atoms with E-state index in [0.717, 1.165) is 21.6 Å². The third-order valence-corrected chi connectivity index (χ3v) is 6.16. The van der Waals surface area contributed by atoms with Gasteiger partial charge in [-0.1, -0.05) is 64.0 Å². The Labute approximate surface area is 199 Å². The molecule has 1 heterocycles. The molecule has 7 heteroatoms. The molecule has 0 radical (unpaired) electrons. The fourth-order valence-electron chi connectivity index (χ4n) is 3.74. The minimum Gasteiger partial charge on any atom is -0.273 e. The number of halogens is 2. The van der Waals surface area contributed by atoms with Crippen LogP contribution >= 0.6 is 15.9 Å². The van der Waals surface area contributed by atoms with Crippen LogP contribution in [0.25, 0.3) is 6.08 Å². The molecular weight excluding hydrogens is 487 g/mol. The monoisotopic (exact) mass is 506 g/mol. The van der Waals surface area contributed by atoms with Crippen LogP contribution in [0.5, 0.6) is 0 Å². The van der Waals surface area contributed by atoms with E-state index in [1.807, 2.05) is 13.0 Å². The predicted octanol–water partition coefficient (Wildman–Crippen LogP) is 5.46. The van der Waals surface area contributed by atoms with E-state index in [9.17, 15) is 18.8 Å². The zero-order valence-electron chi connectivity index (χ0n) is 18.0. The van der Waals surface area contributed by atoms with Crippen molar-refractivity contribution in [3.63, 3.8) is 0 Å². The maximum Gasteiger partial charge on any atom is 0.335 e. The summed E-state index contributed by atoms with van der Waals surface area (Å²) in [5.74, 6) is -1.73. The molecule has 166 valence electrons. The zero-order valence-corrected chi connectivity index (χ0v) is 19.6. The van der Waals surface area contributed by atoms with Gasteiger partial charge in [-0.2, -0.15) is 0 Å². The first kappa shape index (κ1) is 22.6. The summed E-state index contributed by atoms with van der Waals surface area (Å²) < 4.78 is 14.7. The van der Waals surface area contributed by atoms with Gasteiger partial charge in [0, 0.05) is 10.9 Å². The number of nitrogens with one attached hydrogen (secondary N) is 1. The van der Waals surface area contributed by atoms with Crippen LogP contribution in [-0.4, -0.2) is 17.8 Å². The molecule has 1 fully saturated rings. The molecule has 3 aromatic carbocycles. The smallest absolute Gasteiger partial charge is 0.273 e. The van der Waals surface area contributed by atoms with E-state index in [1.54, 1.807) is 55.5 Å². The summed E-state index contributed by atoms with van der Waals surface area (Å²) in [4.78, 5) is 39.0. The third-order valence-electron chi connectivity index (χ3n) is 5.42. The number of carbonyl (C=O) groups is 3. The highest BCUT2D eigenvalue weighted by Gasteiger charge is 2.37. The van der Waals surface area contributed by atoms with E-state index in [2.05, 4.69) is 21.2 Å². The molecule has 1 aliphatic rings. The van der Waals surface area contributed by atoms with E-state index >= 15 is 0 Å². The normalized spacial score (nSPS) is 15.2. The van der Waals surface area contributed by atoms with Crippen LogP contribution in [0.4, 0.5) is 14.9 Å². The molecular formula is C26H20BrFN2O3. The van der Waals surface area contributed by atoms with Crippen molar-refractivity contribution in [3.05, 3.63) is 104 Å². The van der Waals surface area contributed by atoms with Crippen molar-refractivity contribution < 1.29 is 18.8 Å². The number of benzene rings is 3. The van der Waals surface area contributed by atoms with Gasteiger partial charge in [0.1, 0.15) is 11.4 Å². The lowest BCUT2D eigenvalue weighted by atomic mass is 10.0. The Morgan fingerprint density at radius 3 is 2.42 bits per heavy atom. The Morgan fingerprint density at radius 1 is 0.970 bits per heavy atom. The maximum atomic E-state index is 14.0. The molecule has 1 aliphatic heterocycles. The van der Waals surface area contributed by atoms with Crippen LogP contribution in [0.2, 0.25) is 0 Å². The number of rotatable bonds is 4. The molecule has 4 rings (SSSR count). The second kappa shape index (κ2) is 9.11. The van der Waals surface area contributed by atoms with Crippen LogP contribution in [0.1, 0.15) is 27.8 Å². The molecule has 0 bridgehead atoms. The van der Waals surface area contributed by atoms with Gasteiger partial charge in [0.15, 0.2) is 0 Å². The van der Waals surface area contributed by atoms with E-state index in [4.69, 9.17) is 0 Å². The van der Waals surface area contributed by atoms with Gasteiger partial charge in [-0.05, 0) is 60.4 Å². The molecule has 0 aromatic heterocycles. The number of imide groups is 2. The predicted molar refractivity (Wildman–Crippen MR) is 128 cm³/mol. The van der Waals surface area contributed by atoms with Gasteiger partial charge in [-0.3, -0.25) is 14.9 Å². The van der Waals surface area contributed by atoms with Gasteiger partial charge in [-0.15, -0.1) is 0 Å². The van der Waals surface area contributed by atoms with Crippen molar-refractivity contribution in [2.75, 3.05) is 4.90 Å².